The molecule has 0 unspecified atom stereocenters. The van der Waals surface area contributed by atoms with Gasteiger partial charge in [0.2, 0.25) is 0 Å². The smallest absolute Gasteiger partial charge is 0.334 e. The van der Waals surface area contributed by atoms with Crippen LogP contribution in [-0.2, 0) is 0 Å². The van der Waals surface area contributed by atoms with Crippen LogP contribution >= 0.6 is 0 Å². The van der Waals surface area contributed by atoms with Gasteiger partial charge in [-0.05, 0) is 24.6 Å². The summed E-state index contributed by atoms with van der Waals surface area (Å²) in [5, 5.41) is 0. The lowest BCUT2D eigenvalue weighted by molar-refractivity contribution is 0.614. The molecule has 0 aliphatic carbocycles. The number of aryl methyl sites for hydroxylation is 1. The second-order valence-corrected chi connectivity index (χ2v) is 3.65. The average molecular weight is 235 g/mol. The molecule has 0 aliphatic heterocycles. The minimum atomic E-state index is -0.766. The number of hydrogen-bond acceptors (Lipinski definition) is 3. The van der Waals surface area contributed by atoms with Gasteiger partial charge >= 0.3 is 5.69 Å². The monoisotopic (exact) mass is 235 g/mol. The molecule has 0 aliphatic rings. The Morgan fingerprint density at radius 2 is 2.00 bits per heavy atom. The van der Waals surface area contributed by atoms with Crippen LogP contribution < -0.4 is 17.0 Å². The Bertz CT molecular complexity index is 688. The van der Waals surface area contributed by atoms with Crippen molar-refractivity contribution >= 4 is 5.82 Å². The molecule has 1 aromatic carbocycles. The summed E-state index contributed by atoms with van der Waals surface area (Å²) in [7, 11) is 0. The summed E-state index contributed by atoms with van der Waals surface area (Å²) >= 11 is 0. The molecule has 1 heterocycles. The standard InChI is InChI=1S/C11H10FN3O2/c1-6-2-3-8(7(12)4-6)15-9(13)5-10(16)14-11(15)17/h2-5H,13H2,1H3,(H,14,16,17). The van der Waals surface area contributed by atoms with Gasteiger partial charge in [-0.25, -0.2) is 13.8 Å². The third kappa shape index (κ3) is 1.96. The summed E-state index contributed by atoms with van der Waals surface area (Å²) < 4.78 is 14.6. The lowest BCUT2D eigenvalue weighted by atomic mass is 10.2. The van der Waals surface area contributed by atoms with E-state index in [1.165, 1.54) is 12.1 Å². The second-order valence-electron chi connectivity index (χ2n) is 3.65. The molecule has 0 spiro atoms. The number of H-pyrrole nitrogens is 1. The normalized spacial score (nSPS) is 10.5. The molecular weight excluding hydrogens is 225 g/mol. The molecular formula is C11H10FN3O2. The van der Waals surface area contributed by atoms with Gasteiger partial charge in [-0.2, -0.15) is 0 Å². The minimum Gasteiger partial charge on any atom is -0.385 e. The van der Waals surface area contributed by atoms with Gasteiger partial charge in [0.1, 0.15) is 11.6 Å². The molecule has 6 heteroatoms. The van der Waals surface area contributed by atoms with Crippen molar-refractivity contribution in [1.82, 2.24) is 9.55 Å². The number of hydrogen-bond donors (Lipinski definition) is 2. The lowest BCUT2D eigenvalue weighted by Gasteiger charge is -2.09. The average Bonchev–Trinajstić information content (AvgIpc) is 2.19. The largest absolute Gasteiger partial charge is 0.385 e. The van der Waals surface area contributed by atoms with Gasteiger partial charge in [-0.15, -0.1) is 0 Å². The first-order valence-electron chi connectivity index (χ1n) is 4.87. The van der Waals surface area contributed by atoms with Gasteiger partial charge in [0.15, 0.2) is 0 Å². The minimum absolute atomic E-state index is 0.00866. The fraction of sp³-hybridized carbons (Fsp3) is 0.0909. The highest BCUT2D eigenvalue weighted by Crippen LogP contribution is 2.15. The molecule has 0 saturated carbocycles. The van der Waals surface area contributed by atoms with E-state index in [4.69, 9.17) is 5.73 Å². The molecule has 0 amide bonds. The summed E-state index contributed by atoms with van der Waals surface area (Å²) in [6, 6.07) is 5.39. The van der Waals surface area contributed by atoms with Gasteiger partial charge < -0.3 is 5.73 Å². The first-order chi connectivity index (χ1) is 7.99. The van der Waals surface area contributed by atoms with E-state index in [2.05, 4.69) is 0 Å². The van der Waals surface area contributed by atoms with E-state index in [0.29, 0.717) is 0 Å². The van der Waals surface area contributed by atoms with Crippen molar-refractivity contribution in [2.45, 2.75) is 6.92 Å². The molecule has 0 bridgehead atoms. The van der Waals surface area contributed by atoms with Gasteiger partial charge in [-0.1, -0.05) is 6.07 Å². The molecule has 2 aromatic rings. The molecule has 5 nitrogen and oxygen atoms in total. The zero-order valence-corrected chi connectivity index (χ0v) is 9.03. The maximum atomic E-state index is 13.7. The molecule has 0 radical (unpaired) electrons. The molecule has 0 atom stereocenters. The van der Waals surface area contributed by atoms with Crippen LogP contribution in [0.5, 0.6) is 0 Å². The first kappa shape index (κ1) is 11.1. The number of nitrogens with one attached hydrogen (secondary N) is 1. The van der Waals surface area contributed by atoms with E-state index < -0.39 is 17.1 Å². The zero-order valence-electron chi connectivity index (χ0n) is 9.03. The van der Waals surface area contributed by atoms with Crippen molar-refractivity contribution in [2.75, 3.05) is 5.73 Å². The number of nitrogens with two attached hydrogens (primary N) is 1. The van der Waals surface area contributed by atoms with Crippen LogP contribution in [0.1, 0.15) is 5.56 Å². The van der Waals surface area contributed by atoms with E-state index >= 15 is 0 Å². The molecule has 1 aromatic heterocycles. The van der Waals surface area contributed by atoms with Gasteiger partial charge in [-0.3, -0.25) is 9.78 Å². The fourth-order valence-corrected chi connectivity index (χ4v) is 1.56. The highest BCUT2D eigenvalue weighted by molar-refractivity contribution is 5.43. The third-order valence-corrected chi connectivity index (χ3v) is 2.31. The van der Waals surface area contributed by atoms with E-state index in [0.717, 1.165) is 16.2 Å². The van der Waals surface area contributed by atoms with Crippen molar-refractivity contribution in [1.29, 1.82) is 0 Å². The molecule has 88 valence electrons. The van der Waals surface area contributed by atoms with Crippen LogP contribution in [0.25, 0.3) is 5.69 Å². The van der Waals surface area contributed by atoms with E-state index in [1.807, 2.05) is 4.98 Å². The predicted molar refractivity (Wildman–Crippen MR) is 61.8 cm³/mol. The summed E-state index contributed by atoms with van der Waals surface area (Å²) in [6.45, 7) is 1.73. The van der Waals surface area contributed by atoms with Crippen LogP contribution in [-0.4, -0.2) is 9.55 Å². The number of aromatic amines is 1. The quantitative estimate of drug-likeness (QED) is 0.757. The summed E-state index contributed by atoms with van der Waals surface area (Å²) in [6.07, 6.45) is 0. The topological polar surface area (TPSA) is 80.9 Å². The lowest BCUT2D eigenvalue weighted by Crippen LogP contribution is -2.30. The van der Waals surface area contributed by atoms with E-state index in [9.17, 15) is 14.0 Å². The van der Waals surface area contributed by atoms with Crippen molar-refractivity contribution in [3.05, 3.63) is 56.5 Å². The fourth-order valence-electron chi connectivity index (χ4n) is 1.56. The van der Waals surface area contributed by atoms with Crippen molar-refractivity contribution in [3.8, 4) is 5.69 Å². The maximum Gasteiger partial charge on any atom is 0.334 e. The number of aromatic nitrogens is 2. The van der Waals surface area contributed by atoms with Crippen molar-refractivity contribution in [2.24, 2.45) is 0 Å². The number of anilines is 1. The zero-order chi connectivity index (χ0) is 12.6. The van der Waals surface area contributed by atoms with Crippen molar-refractivity contribution in [3.63, 3.8) is 0 Å². The number of benzene rings is 1. The molecule has 17 heavy (non-hydrogen) atoms. The summed E-state index contributed by atoms with van der Waals surface area (Å²) in [5.74, 6) is -0.688. The van der Waals surface area contributed by atoms with E-state index in [1.54, 1.807) is 13.0 Å². The number of nitrogens with zero attached hydrogens (tertiary/aromatic N) is 1. The highest BCUT2D eigenvalue weighted by Gasteiger charge is 2.10. The number of nitrogen functional groups attached to an aromatic ring is 1. The Morgan fingerprint density at radius 3 is 2.59 bits per heavy atom. The molecule has 0 saturated heterocycles. The Balaban J connectivity index is 2.77. The maximum absolute atomic E-state index is 13.7. The van der Waals surface area contributed by atoms with Gasteiger partial charge in [0.05, 0.1) is 5.69 Å². The summed E-state index contributed by atoms with van der Waals surface area (Å²) in [4.78, 5) is 24.6. The number of rotatable bonds is 1. The Morgan fingerprint density at radius 1 is 1.29 bits per heavy atom. The van der Waals surface area contributed by atoms with Gasteiger partial charge in [0.25, 0.3) is 5.56 Å². The van der Waals surface area contributed by atoms with Crippen LogP contribution in [0, 0.1) is 12.7 Å². The Labute approximate surface area is 95.3 Å². The first-order valence-corrected chi connectivity index (χ1v) is 4.87. The van der Waals surface area contributed by atoms with Gasteiger partial charge in [0, 0.05) is 6.07 Å². The SMILES string of the molecule is Cc1ccc(-n2c(N)cc(=O)[nH]c2=O)c(F)c1. The third-order valence-electron chi connectivity index (χ3n) is 2.31. The summed E-state index contributed by atoms with van der Waals surface area (Å²) in [5.41, 5.74) is 4.89. The molecule has 2 rings (SSSR count). The predicted octanol–water partition coefficient (Wildman–Crippen LogP) is 0.556. The van der Waals surface area contributed by atoms with Crippen LogP contribution in [0.3, 0.4) is 0 Å². The Hall–Kier alpha value is -2.37. The highest BCUT2D eigenvalue weighted by atomic mass is 19.1. The second kappa shape index (κ2) is 3.89. The van der Waals surface area contributed by atoms with Crippen LogP contribution in [0.15, 0.2) is 33.9 Å². The van der Waals surface area contributed by atoms with Crippen LogP contribution in [0.4, 0.5) is 10.2 Å². The van der Waals surface area contributed by atoms with E-state index in [-0.39, 0.29) is 11.5 Å². The van der Waals surface area contributed by atoms with Crippen molar-refractivity contribution < 1.29 is 4.39 Å². The molecule has 3 N–H and O–H groups in total. The van der Waals surface area contributed by atoms with Crippen LogP contribution in [0.2, 0.25) is 0 Å². The Kier molecular flexibility index (Phi) is 2.55. The molecule has 0 fully saturated rings. The number of halogens is 1.